The van der Waals surface area contributed by atoms with Crippen LogP contribution < -0.4 is 19.6 Å². The summed E-state index contributed by atoms with van der Waals surface area (Å²) in [4.78, 5) is 27.7. The van der Waals surface area contributed by atoms with Gasteiger partial charge in [0, 0.05) is 23.8 Å². The van der Waals surface area contributed by atoms with E-state index in [-0.39, 0.29) is 22.8 Å². The SMILES string of the molecule is COc1cc(/C=C/C(=O)O[C@H]2[C@H](O[C@H]3[C@H](Oc4c(-c5ccc(O)c(O)c5)oc5cc(O[C@@H]6O[C@H](CO)[C@@H](O)[C@H](O)[C@H]6O)cc(O)c5c4=O)O[C@H](CO)[C@@H](O)[C@@H]3O)O[C@H](CO)[C@@H](O)[C@@H]2O)ccc1O. The number of aromatic hydroxyl groups is 4. The van der Waals surface area contributed by atoms with Crippen molar-refractivity contribution in [3.63, 3.8) is 0 Å². The summed E-state index contributed by atoms with van der Waals surface area (Å²) in [6, 6.07) is 9.03. The van der Waals surface area contributed by atoms with Gasteiger partial charge in [0.1, 0.15) is 83.5 Å². The molecule has 4 heterocycles. The molecule has 15 atom stereocenters. The highest BCUT2D eigenvalue weighted by atomic mass is 16.8. The fourth-order valence-electron chi connectivity index (χ4n) is 7.58. The Morgan fingerprint density at radius 3 is 1.87 bits per heavy atom. The minimum Gasteiger partial charge on any atom is -0.507 e. The van der Waals surface area contributed by atoms with Crippen molar-refractivity contribution in [2.24, 2.45) is 0 Å². The number of ether oxygens (including phenoxy) is 8. The van der Waals surface area contributed by atoms with E-state index in [4.69, 9.17) is 42.3 Å². The molecule has 3 aliphatic heterocycles. The summed E-state index contributed by atoms with van der Waals surface area (Å²) in [5.41, 5.74) is -1.56. The van der Waals surface area contributed by atoms with E-state index < -0.39 is 163 Å². The number of methoxy groups -OCH3 is 1. The molecule has 3 fully saturated rings. The fraction of sp³-hybridized carbons (Fsp3) is 0.442. The van der Waals surface area contributed by atoms with Crippen LogP contribution in [0.4, 0.5) is 0 Å². The van der Waals surface area contributed by atoms with Crippen LogP contribution in [0.1, 0.15) is 5.56 Å². The number of fused-ring (bicyclic) bond motifs is 1. The van der Waals surface area contributed by atoms with E-state index in [1.807, 2.05) is 0 Å². The molecule has 0 aliphatic carbocycles. The van der Waals surface area contributed by atoms with E-state index in [1.165, 1.54) is 31.4 Å². The molecule has 1 aromatic heterocycles. The average Bonchev–Trinajstić information content (AvgIpc) is 3.32. The largest absolute Gasteiger partial charge is 0.507 e. The van der Waals surface area contributed by atoms with Crippen LogP contribution in [-0.2, 0) is 28.5 Å². The van der Waals surface area contributed by atoms with Crippen LogP contribution in [0.2, 0.25) is 0 Å². The number of phenolic OH excluding ortho intramolecular Hbond substituents is 4. The van der Waals surface area contributed by atoms with Crippen molar-refractivity contribution in [3.05, 3.63) is 70.4 Å². The number of phenols is 4. The van der Waals surface area contributed by atoms with Gasteiger partial charge in [-0.2, -0.15) is 0 Å². The van der Waals surface area contributed by atoms with Gasteiger partial charge >= 0.3 is 5.97 Å². The predicted molar refractivity (Wildman–Crippen MR) is 222 cm³/mol. The first kappa shape index (κ1) is 50.0. The zero-order valence-corrected chi connectivity index (χ0v) is 35.3. The van der Waals surface area contributed by atoms with E-state index in [1.54, 1.807) is 0 Å². The maximum Gasteiger partial charge on any atom is 0.331 e. The van der Waals surface area contributed by atoms with Gasteiger partial charge < -0.3 is 114 Å². The molecule has 14 N–H and O–H groups in total. The molecule has 3 aliphatic rings. The molecule has 4 aromatic rings. The van der Waals surface area contributed by atoms with Crippen molar-refractivity contribution in [1.82, 2.24) is 0 Å². The van der Waals surface area contributed by atoms with Crippen molar-refractivity contribution in [3.8, 4) is 51.6 Å². The van der Waals surface area contributed by atoms with Gasteiger partial charge in [0.2, 0.25) is 23.8 Å². The topological polar surface area (TPSA) is 404 Å². The molecule has 0 amide bonds. The lowest BCUT2D eigenvalue weighted by molar-refractivity contribution is -0.358. The van der Waals surface area contributed by atoms with Gasteiger partial charge in [0.05, 0.1) is 26.9 Å². The second-order valence-electron chi connectivity index (χ2n) is 15.7. The number of aliphatic hydroxyl groups is 10. The number of hydrogen-bond acceptors (Lipinski definition) is 25. The summed E-state index contributed by atoms with van der Waals surface area (Å²) < 4.78 is 51.0. The quantitative estimate of drug-likeness (QED) is 0.0335. The summed E-state index contributed by atoms with van der Waals surface area (Å²) >= 11 is 0. The lowest BCUT2D eigenvalue weighted by Crippen LogP contribution is -2.65. The standard InChI is InChI=1S/C43H48O25/c1-60-22-8-15(2-5-19(22)48)3-7-27(51)66-39-34(57)30(53)25(13-45)64-42(39)68-40-35(58)31(54)26(14-46)65-43(40)67-38-32(55)28-21(50)10-17(61-41-36(59)33(56)29(52)24(12-44)63-41)11-23(28)62-37(38)16-4-6-18(47)20(49)9-16/h2-11,24-26,29-31,33-36,39-50,52-54,56-59H,12-14H2,1H3/b7-3+/t24-,25-,26-,29-,30-,31-,33+,34+,35+,36-,39-,40-,41-,42+,43+/m1/s1. The van der Waals surface area contributed by atoms with Crippen LogP contribution in [0.25, 0.3) is 28.4 Å². The third kappa shape index (κ3) is 9.98. The van der Waals surface area contributed by atoms with E-state index in [0.29, 0.717) is 5.56 Å². The van der Waals surface area contributed by atoms with Crippen LogP contribution in [-0.4, -0.2) is 197 Å². The van der Waals surface area contributed by atoms with E-state index in [2.05, 4.69) is 0 Å². The minimum atomic E-state index is -2.16. The Bertz CT molecular complexity index is 2510. The number of rotatable bonds is 14. The summed E-state index contributed by atoms with van der Waals surface area (Å²) in [5.74, 6) is -5.36. The molecular weight excluding hydrogens is 916 g/mol. The van der Waals surface area contributed by atoms with Crippen LogP contribution in [0, 0.1) is 0 Å². The highest BCUT2D eigenvalue weighted by Crippen LogP contribution is 2.41. The molecule has 68 heavy (non-hydrogen) atoms. The van der Waals surface area contributed by atoms with Crippen LogP contribution in [0.5, 0.6) is 40.2 Å². The smallest absolute Gasteiger partial charge is 0.331 e. The Hall–Kier alpha value is -5.88. The molecule has 0 unspecified atom stereocenters. The Balaban J connectivity index is 1.26. The molecule has 0 radical (unpaired) electrons. The summed E-state index contributed by atoms with van der Waals surface area (Å²) in [6.07, 6.45) is -26.2. The second kappa shape index (κ2) is 20.8. The molecule has 25 heteroatoms. The number of esters is 1. The van der Waals surface area contributed by atoms with Gasteiger partial charge in [-0.25, -0.2) is 4.79 Å². The molecule has 3 saturated heterocycles. The summed E-state index contributed by atoms with van der Waals surface area (Å²) in [5, 5.41) is 146. The lowest BCUT2D eigenvalue weighted by atomic mass is 9.97. The first-order valence-electron chi connectivity index (χ1n) is 20.6. The lowest BCUT2D eigenvalue weighted by Gasteiger charge is -2.46. The van der Waals surface area contributed by atoms with E-state index in [0.717, 1.165) is 36.4 Å². The molecule has 25 nitrogen and oxygen atoms in total. The Labute approximate surface area is 382 Å². The monoisotopic (exact) mass is 964 g/mol. The molecule has 0 bridgehead atoms. The third-order valence-corrected chi connectivity index (χ3v) is 11.3. The highest BCUT2D eigenvalue weighted by Gasteiger charge is 2.53. The number of benzene rings is 3. The zero-order chi connectivity index (χ0) is 49.3. The Morgan fingerprint density at radius 1 is 0.632 bits per heavy atom. The van der Waals surface area contributed by atoms with Crippen LogP contribution >= 0.6 is 0 Å². The third-order valence-electron chi connectivity index (χ3n) is 11.3. The van der Waals surface area contributed by atoms with Crippen molar-refractivity contribution < 1.29 is 119 Å². The molecule has 7 rings (SSSR count). The van der Waals surface area contributed by atoms with Crippen molar-refractivity contribution in [1.29, 1.82) is 0 Å². The number of hydrogen-bond donors (Lipinski definition) is 14. The molecule has 3 aromatic carbocycles. The van der Waals surface area contributed by atoms with E-state index in [9.17, 15) is 81.1 Å². The van der Waals surface area contributed by atoms with Crippen LogP contribution in [0.15, 0.2) is 63.8 Å². The first-order valence-corrected chi connectivity index (χ1v) is 20.6. The zero-order valence-electron chi connectivity index (χ0n) is 35.3. The normalized spacial score (nSPS) is 32.0. The number of aliphatic hydroxyl groups excluding tert-OH is 10. The van der Waals surface area contributed by atoms with E-state index >= 15 is 0 Å². The fourth-order valence-corrected chi connectivity index (χ4v) is 7.58. The van der Waals surface area contributed by atoms with Crippen molar-refractivity contribution >= 4 is 23.0 Å². The average molecular weight is 965 g/mol. The molecule has 0 spiro atoms. The first-order chi connectivity index (χ1) is 32.4. The number of carbonyl (C=O) groups excluding carboxylic acids is 1. The van der Waals surface area contributed by atoms with Gasteiger partial charge in [-0.1, -0.05) is 6.07 Å². The Morgan fingerprint density at radius 2 is 1.24 bits per heavy atom. The molecule has 0 saturated carbocycles. The van der Waals surface area contributed by atoms with Gasteiger partial charge in [-0.15, -0.1) is 0 Å². The van der Waals surface area contributed by atoms with Crippen molar-refractivity contribution in [2.45, 2.75) is 92.1 Å². The van der Waals surface area contributed by atoms with Crippen LogP contribution in [0.3, 0.4) is 0 Å². The summed E-state index contributed by atoms with van der Waals surface area (Å²) in [6.45, 7) is -2.72. The second-order valence-corrected chi connectivity index (χ2v) is 15.7. The predicted octanol–water partition coefficient (Wildman–Crippen LogP) is -3.26. The molecule has 370 valence electrons. The Kier molecular flexibility index (Phi) is 15.3. The van der Waals surface area contributed by atoms with Gasteiger partial charge in [-0.3, -0.25) is 4.79 Å². The number of carbonyl (C=O) groups is 1. The van der Waals surface area contributed by atoms with Gasteiger partial charge in [0.25, 0.3) is 0 Å². The molecular formula is C43H48O25. The van der Waals surface area contributed by atoms with Gasteiger partial charge in [0.15, 0.2) is 47.3 Å². The maximum atomic E-state index is 14.5. The van der Waals surface area contributed by atoms with Crippen molar-refractivity contribution in [2.75, 3.05) is 26.9 Å². The maximum absolute atomic E-state index is 14.5. The summed E-state index contributed by atoms with van der Waals surface area (Å²) in [7, 11) is 1.30. The van der Waals surface area contributed by atoms with Gasteiger partial charge in [-0.05, 0) is 42.0 Å². The highest BCUT2D eigenvalue weighted by molar-refractivity contribution is 5.89. The minimum absolute atomic E-state index is 0.0689.